The van der Waals surface area contributed by atoms with Gasteiger partial charge in [-0.25, -0.2) is 0 Å². The number of hydrogen-bond donors (Lipinski definition) is 0. The molecule has 0 amide bonds. The topological polar surface area (TPSA) is 12.4 Å². The molecule has 0 N–H and O–H groups in total. The summed E-state index contributed by atoms with van der Waals surface area (Å²) in [7, 11) is 0. The van der Waals surface area contributed by atoms with Crippen LogP contribution in [-0.4, -0.2) is 6.72 Å². The molecule has 0 aliphatic heterocycles. The van der Waals surface area contributed by atoms with Crippen molar-refractivity contribution in [3.8, 4) is 0 Å². The highest BCUT2D eigenvalue weighted by Crippen LogP contribution is 2.27. The van der Waals surface area contributed by atoms with Crippen LogP contribution in [0.2, 0.25) is 0 Å². The molecule has 1 aromatic rings. The molecule has 0 saturated heterocycles. The summed E-state index contributed by atoms with van der Waals surface area (Å²) in [6.45, 7) is 11.6. The lowest BCUT2D eigenvalue weighted by Crippen LogP contribution is -1.86. The SMILES string of the molecule is C=Cc1cc(/C(=C/C)CCC)ccc1N=C. The molecule has 1 nitrogen and oxygen atoms in total. The quantitative estimate of drug-likeness (QED) is 0.619. The van der Waals surface area contributed by atoms with E-state index in [2.05, 4.69) is 50.3 Å². The Morgan fingerprint density at radius 2 is 2.19 bits per heavy atom. The van der Waals surface area contributed by atoms with E-state index in [0.717, 1.165) is 24.1 Å². The molecule has 1 rings (SSSR count). The predicted octanol–water partition coefficient (Wildman–Crippen LogP) is 4.87. The van der Waals surface area contributed by atoms with Crippen molar-refractivity contribution in [1.29, 1.82) is 0 Å². The molecule has 0 aromatic heterocycles. The zero-order valence-corrected chi connectivity index (χ0v) is 10.2. The van der Waals surface area contributed by atoms with Crippen molar-refractivity contribution < 1.29 is 0 Å². The summed E-state index contributed by atoms with van der Waals surface area (Å²) in [6.07, 6.45) is 6.26. The van der Waals surface area contributed by atoms with E-state index < -0.39 is 0 Å². The van der Waals surface area contributed by atoms with Crippen molar-refractivity contribution in [1.82, 2.24) is 0 Å². The zero-order valence-electron chi connectivity index (χ0n) is 10.2. The van der Waals surface area contributed by atoms with Gasteiger partial charge in [-0.1, -0.05) is 38.1 Å². The molecule has 1 aromatic carbocycles. The van der Waals surface area contributed by atoms with Gasteiger partial charge < -0.3 is 0 Å². The average Bonchev–Trinajstić information content (AvgIpc) is 2.35. The molecule has 1 heteroatoms. The summed E-state index contributed by atoms with van der Waals surface area (Å²) in [5.74, 6) is 0. The number of rotatable bonds is 5. The summed E-state index contributed by atoms with van der Waals surface area (Å²) in [6, 6.07) is 6.22. The van der Waals surface area contributed by atoms with E-state index in [1.165, 1.54) is 11.1 Å². The van der Waals surface area contributed by atoms with Gasteiger partial charge in [-0.2, -0.15) is 0 Å². The zero-order chi connectivity index (χ0) is 12.0. The van der Waals surface area contributed by atoms with Crippen LogP contribution in [0.4, 0.5) is 5.69 Å². The fourth-order valence-corrected chi connectivity index (χ4v) is 1.79. The van der Waals surface area contributed by atoms with Crippen LogP contribution in [0.3, 0.4) is 0 Å². The van der Waals surface area contributed by atoms with Crippen molar-refractivity contribution in [2.24, 2.45) is 4.99 Å². The van der Waals surface area contributed by atoms with Crippen molar-refractivity contribution in [2.45, 2.75) is 26.7 Å². The van der Waals surface area contributed by atoms with Gasteiger partial charge in [0.2, 0.25) is 0 Å². The molecule has 0 heterocycles. The minimum atomic E-state index is 0.894. The lowest BCUT2D eigenvalue weighted by atomic mass is 9.98. The smallest absolute Gasteiger partial charge is 0.0694 e. The van der Waals surface area contributed by atoms with Gasteiger partial charge in [-0.05, 0) is 43.3 Å². The number of allylic oxidation sites excluding steroid dienone is 2. The minimum absolute atomic E-state index is 0.894. The number of nitrogens with zero attached hydrogens (tertiary/aromatic N) is 1. The molecule has 0 unspecified atom stereocenters. The molecule has 0 fully saturated rings. The Balaban J connectivity index is 3.16. The third kappa shape index (κ3) is 2.69. The molecule has 0 atom stereocenters. The van der Waals surface area contributed by atoms with E-state index in [-0.39, 0.29) is 0 Å². The third-order valence-electron chi connectivity index (χ3n) is 2.66. The Hall–Kier alpha value is -1.63. The summed E-state index contributed by atoms with van der Waals surface area (Å²) in [5.41, 5.74) is 4.57. The summed E-state index contributed by atoms with van der Waals surface area (Å²) >= 11 is 0. The highest BCUT2D eigenvalue weighted by Gasteiger charge is 2.03. The fraction of sp³-hybridized carbons (Fsp3) is 0.267. The summed E-state index contributed by atoms with van der Waals surface area (Å²) in [5, 5.41) is 0. The lowest BCUT2D eigenvalue weighted by molar-refractivity contribution is 0.972. The Bertz CT molecular complexity index is 413. The Morgan fingerprint density at radius 3 is 2.69 bits per heavy atom. The number of hydrogen-bond acceptors (Lipinski definition) is 1. The first-order valence-electron chi connectivity index (χ1n) is 5.65. The third-order valence-corrected chi connectivity index (χ3v) is 2.66. The first-order chi connectivity index (χ1) is 7.76. The van der Waals surface area contributed by atoms with Crippen molar-refractivity contribution in [3.63, 3.8) is 0 Å². The highest BCUT2D eigenvalue weighted by atomic mass is 14.7. The van der Waals surface area contributed by atoms with Gasteiger partial charge in [-0.3, -0.25) is 4.99 Å². The van der Waals surface area contributed by atoms with E-state index >= 15 is 0 Å². The minimum Gasteiger partial charge on any atom is -0.264 e. The molecule has 0 aliphatic rings. The van der Waals surface area contributed by atoms with Gasteiger partial charge in [-0.15, -0.1) is 0 Å². The van der Waals surface area contributed by atoms with E-state index in [1.807, 2.05) is 12.1 Å². The molecule has 0 bridgehead atoms. The lowest BCUT2D eigenvalue weighted by Gasteiger charge is -2.08. The number of aliphatic imine (C=N–C) groups is 1. The maximum absolute atomic E-state index is 3.97. The Labute approximate surface area is 98.2 Å². The molecular formula is C15H19N. The van der Waals surface area contributed by atoms with Crippen LogP contribution in [-0.2, 0) is 0 Å². The van der Waals surface area contributed by atoms with E-state index in [1.54, 1.807) is 0 Å². The maximum Gasteiger partial charge on any atom is 0.0694 e. The van der Waals surface area contributed by atoms with Gasteiger partial charge in [0.05, 0.1) is 5.69 Å². The standard InChI is InChI=1S/C15H19N/c1-5-8-12(6-2)14-9-10-15(16-4)13(7-3)11-14/h6-7,9-11H,3-5,8H2,1-2H3/b12-6+. The average molecular weight is 213 g/mol. The molecule has 0 saturated carbocycles. The van der Waals surface area contributed by atoms with Crippen LogP contribution in [0, 0.1) is 0 Å². The normalized spacial score (nSPS) is 11.2. The summed E-state index contributed by atoms with van der Waals surface area (Å²) in [4.78, 5) is 3.97. The molecule has 84 valence electrons. The van der Waals surface area contributed by atoms with Crippen molar-refractivity contribution in [3.05, 3.63) is 42.0 Å². The summed E-state index contributed by atoms with van der Waals surface area (Å²) < 4.78 is 0. The Kier molecular flexibility index (Phi) is 4.71. The van der Waals surface area contributed by atoms with Gasteiger partial charge >= 0.3 is 0 Å². The second kappa shape index (κ2) is 6.06. The van der Waals surface area contributed by atoms with Crippen LogP contribution in [0.15, 0.2) is 35.8 Å². The van der Waals surface area contributed by atoms with Crippen LogP contribution in [0.25, 0.3) is 11.6 Å². The molecular weight excluding hydrogens is 194 g/mol. The van der Waals surface area contributed by atoms with Crippen molar-refractivity contribution in [2.75, 3.05) is 0 Å². The molecule has 0 aliphatic carbocycles. The molecule has 0 radical (unpaired) electrons. The van der Waals surface area contributed by atoms with Crippen LogP contribution >= 0.6 is 0 Å². The van der Waals surface area contributed by atoms with Gasteiger partial charge in [0.15, 0.2) is 0 Å². The highest BCUT2D eigenvalue weighted by molar-refractivity contribution is 5.73. The van der Waals surface area contributed by atoms with Crippen LogP contribution in [0.1, 0.15) is 37.8 Å². The van der Waals surface area contributed by atoms with Crippen LogP contribution in [0.5, 0.6) is 0 Å². The van der Waals surface area contributed by atoms with Gasteiger partial charge in [0.1, 0.15) is 0 Å². The second-order valence-corrected chi connectivity index (χ2v) is 3.70. The van der Waals surface area contributed by atoms with Crippen LogP contribution < -0.4 is 0 Å². The van der Waals surface area contributed by atoms with E-state index in [9.17, 15) is 0 Å². The maximum atomic E-state index is 3.97. The molecule has 0 spiro atoms. The van der Waals surface area contributed by atoms with E-state index in [4.69, 9.17) is 0 Å². The van der Waals surface area contributed by atoms with Gasteiger partial charge in [0, 0.05) is 5.56 Å². The van der Waals surface area contributed by atoms with E-state index in [0.29, 0.717) is 0 Å². The number of benzene rings is 1. The first-order valence-corrected chi connectivity index (χ1v) is 5.65. The monoisotopic (exact) mass is 213 g/mol. The second-order valence-electron chi connectivity index (χ2n) is 3.70. The Morgan fingerprint density at radius 1 is 1.44 bits per heavy atom. The molecule has 16 heavy (non-hydrogen) atoms. The van der Waals surface area contributed by atoms with Gasteiger partial charge in [0.25, 0.3) is 0 Å². The van der Waals surface area contributed by atoms with Crippen molar-refractivity contribution >= 4 is 24.1 Å². The predicted molar refractivity (Wildman–Crippen MR) is 74.3 cm³/mol. The fourth-order valence-electron chi connectivity index (χ4n) is 1.79. The largest absolute Gasteiger partial charge is 0.264 e. The first kappa shape index (κ1) is 12.4.